The van der Waals surface area contributed by atoms with E-state index in [0.717, 1.165) is 30.5 Å². The fourth-order valence-corrected chi connectivity index (χ4v) is 3.36. The van der Waals surface area contributed by atoms with Gasteiger partial charge in [0.25, 0.3) is 5.91 Å². The number of halogens is 3. The highest BCUT2D eigenvalue weighted by atomic mass is 35.5. The highest BCUT2D eigenvalue weighted by Gasteiger charge is 2.27. The molecule has 1 aromatic heterocycles. The second-order valence-corrected chi connectivity index (χ2v) is 6.51. The van der Waals surface area contributed by atoms with Gasteiger partial charge in [0.2, 0.25) is 0 Å². The second-order valence-electron chi connectivity index (χ2n) is 6.10. The van der Waals surface area contributed by atoms with Gasteiger partial charge < -0.3 is 5.32 Å². The molecule has 4 rings (SSSR count). The summed E-state index contributed by atoms with van der Waals surface area (Å²) in [6, 6.07) is 9.96. The zero-order valence-electron chi connectivity index (χ0n) is 13.6. The third-order valence-electron chi connectivity index (χ3n) is 4.39. The lowest BCUT2D eigenvalue weighted by atomic mass is 10.2. The van der Waals surface area contributed by atoms with Crippen LogP contribution in [0.2, 0.25) is 5.02 Å². The standard InChI is InChI=1S/C19H14ClF2N3O/c20-15-10-12(6-9-16(15)22)23-19(26)18-14-2-1-3-17(14)25(24-18)13-7-4-11(21)5-8-13/h4-10H,1-3H2,(H,23,26). The van der Waals surface area contributed by atoms with Crippen molar-refractivity contribution in [3.05, 3.63) is 76.1 Å². The molecule has 26 heavy (non-hydrogen) atoms. The molecule has 0 spiro atoms. The molecule has 0 radical (unpaired) electrons. The summed E-state index contributed by atoms with van der Waals surface area (Å²) in [5, 5.41) is 7.08. The predicted molar refractivity (Wildman–Crippen MR) is 94.9 cm³/mol. The van der Waals surface area contributed by atoms with Crippen molar-refractivity contribution in [1.29, 1.82) is 0 Å². The number of carbonyl (C=O) groups excluding carboxylic acids is 1. The molecule has 0 aliphatic heterocycles. The van der Waals surface area contributed by atoms with Crippen LogP contribution in [0.15, 0.2) is 42.5 Å². The van der Waals surface area contributed by atoms with Crippen molar-refractivity contribution in [1.82, 2.24) is 9.78 Å². The van der Waals surface area contributed by atoms with E-state index in [1.165, 1.54) is 30.3 Å². The van der Waals surface area contributed by atoms with Crippen LogP contribution in [0.5, 0.6) is 0 Å². The molecule has 1 aliphatic rings. The van der Waals surface area contributed by atoms with Crippen molar-refractivity contribution in [3.63, 3.8) is 0 Å². The molecule has 0 saturated carbocycles. The summed E-state index contributed by atoms with van der Waals surface area (Å²) in [4.78, 5) is 12.7. The summed E-state index contributed by atoms with van der Waals surface area (Å²) in [7, 11) is 0. The summed E-state index contributed by atoms with van der Waals surface area (Å²) in [5.74, 6) is -1.26. The summed E-state index contributed by atoms with van der Waals surface area (Å²) in [6.07, 6.45) is 2.48. The maximum Gasteiger partial charge on any atom is 0.276 e. The minimum absolute atomic E-state index is 0.0649. The van der Waals surface area contributed by atoms with Crippen LogP contribution in [0.4, 0.5) is 14.5 Å². The number of amides is 1. The largest absolute Gasteiger partial charge is 0.321 e. The van der Waals surface area contributed by atoms with E-state index in [-0.39, 0.29) is 16.7 Å². The van der Waals surface area contributed by atoms with Crippen LogP contribution in [-0.4, -0.2) is 15.7 Å². The Balaban J connectivity index is 1.68. The first-order valence-electron chi connectivity index (χ1n) is 8.16. The number of hydrogen-bond acceptors (Lipinski definition) is 2. The number of anilines is 1. The molecule has 4 nitrogen and oxygen atoms in total. The maximum absolute atomic E-state index is 13.3. The number of fused-ring (bicyclic) bond motifs is 1. The van der Waals surface area contributed by atoms with Gasteiger partial charge in [-0.15, -0.1) is 0 Å². The average molecular weight is 374 g/mol. The van der Waals surface area contributed by atoms with Crippen LogP contribution < -0.4 is 5.32 Å². The number of nitrogens with zero attached hydrogens (tertiary/aromatic N) is 2. The molecule has 7 heteroatoms. The smallest absolute Gasteiger partial charge is 0.276 e. The maximum atomic E-state index is 13.3. The molecular weight excluding hydrogens is 360 g/mol. The SMILES string of the molecule is O=C(Nc1ccc(F)c(Cl)c1)c1nn(-c2ccc(F)cc2)c2c1CCC2. The van der Waals surface area contributed by atoms with Crippen LogP contribution >= 0.6 is 11.6 Å². The third-order valence-corrected chi connectivity index (χ3v) is 4.68. The Morgan fingerprint density at radius 3 is 2.62 bits per heavy atom. The van der Waals surface area contributed by atoms with Gasteiger partial charge in [0.05, 0.1) is 10.7 Å². The topological polar surface area (TPSA) is 46.9 Å². The molecule has 2 aromatic carbocycles. The zero-order valence-corrected chi connectivity index (χ0v) is 14.4. The molecule has 1 heterocycles. The van der Waals surface area contributed by atoms with Gasteiger partial charge in [-0.3, -0.25) is 4.79 Å². The van der Waals surface area contributed by atoms with Crippen LogP contribution in [0.1, 0.15) is 28.2 Å². The Kier molecular flexibility index (Phi) is 4.20. The van der Waals surface area contributed by atoms with Crippen molar-refractivity contribution < 1.29 is 13.6 Å². The first-order valence-corrected chi connectivity index (χ1v) is 8.54. The number of carbonyl (C=O) groups is 1. The van der Waals surface area contributed by atoms with E-state index < -0.39 is 5.82 Å². The van der Waals surface area contributed by atoms with Gasteiger partial charge in [0, 0.05) is 16.9 Å². The van der Waals surface area contributed by atoms with Crippen molar-refractivity contribution >= 4 is 23.2 Å². The Hall–Kier alpha value is -2.73. The van der Waals surface area contributed by atoms with Crippen LogP contribution in [0.3, 0.4) is 0 Å². The molecule has 132 valence electrons. The number of nitrogens with one attached hydrogen (secondary N) is 1. The van der Waals surface area contributed by atoms with Crippen molar-refractivity contribution in [2.45, 2.75) is 19.3 Å². The lowest BCUT2D eigenvalue weighted by Crippen LogP contribution is -2.15. The molecule has 0 saturated heterocycles. The lowest BCUT2D eigenvalue weighted by molar-refractivity contribution is 0.102. The van der Waals surface area contributed by atoms with Gasteiger partial charge in [-0.25, -0.2) is 13.5 Å². The predicted octanol–water partition coefficient (Wildman–Crippen LogP) is 4.54. The van der Waals surface area contributed by atoms with E-state index in [1.54, 1.807) is 16.8 Å². The molecule has 1 amide bonds. The molecule has 0 unspecified atom stereocenters. The molecule has 0 fully saturated rings. The fraction of sp³-hybridized carbons (Fsp3) is 0.158. The molecule has 0 atom stereocenters. The minimum Gasteiger partial charge on any atom is -0.321 e. The van der Waals surface area contributed by atoms with Crippen LogP contribution in [0.25, 0.3) is 5.69 Å². The van der Waals surface area contributed by atoms with Gasteiger partial charge in [0.1, 0.15) is 11.6 Å². The Morgan fingerprint density at radius 1 is 1.12 bits per heavy atom. The molecule has 0 bridgehead atoms. The Morgan fingerprint density at radius 2 is 1.88 bits per heavy atom. The van der Waals surface area contributed by atoms with E-state index in [4.69, 9.17) is 11.6 Å². The highest BCUT2D eigenvalue weighted by molar-refractivity contribution is 6.31. The highest BCUT2D eigenvalue weighted by Crippen LogP contribution is 2.29. The van der Waals surface area contributed by atoms with Crippen LogP contribution in [0, 0.1) is 11.6 Å². The second kappa shape index (κ2) is 6.53. The third kappa shape index (κ3) is 2.97. The Bertz CT molecular complexity index is 999. The van der Waals surface area contributed by atoms with Gasteiger partial charge in [0.15, 0.2) is 5.69 Å². The summed E-state index contributed by atoms with van der Waals surface area (Å²) in [6.45, 7) is 0. The van der Waals surface area contributed by atoms with Crippen molar-refractivity contribution in [3.8, 4) is 5.69 Å². The van der Waals surface area contributed by atoms with E-state index in [1.807, 2.05) is 0 Å². The van der Waals surface area contributed by atoms with Gasteiger partial charge in [-0.05, 0) is 61.7 Å². The van der Waals surface area contributed by atoms with Crippen LogP contribution in [-0.2, 0) is 12.8 Å². The monoisotopic (exact) mass is 373 g/mol. The van der Waals surface area contributed by atoms with E-state index >= 15 is 0 Å². The van der Waals surface area contributed by atoms with Crippen molar-refractivity contribution in [2.24, 2.45) is 0 Å². The number of benzene rings is 2. The molecule has 1 aliphatic carbocycles. The first kappa shape index (κ1) is 16.7. The summed E-state index contributed by atoms with van der Waals surface area (Å²) in [5.41, 5.74) is 3.26. The van der Waals surface area contributed by atoms with Crippen molar-refractivity contribution in [2.75, 3.05) is 5.32 Å². The summed E-state index contributed by atoms with van der Waals surface area (Å²) < 4.78 is 28.1. The lowest BCUT2D eigenvalue weighted by Gasteiger charge is -2.06. The van der Waals surface area contributed by atoms with Gasteiger partial charge in [-0.1, -0.05) is 11.6 Å². The zero-order chi connectivity index (χ0) is 18.3. The van der Waals surface area contributed by atoms with Gasteiger partial charge >= 0.3 is 0 Å². The van der Waals surface area contributed by atoms with E-state index in [9.17, 15) is 13.6 Å². The minimum atomic E-state index is -0.550. The average Bonchev–Trinajstić information content (AvgIpc) is 3.21. The summed E-state index contributed by atoms with van der Waals surface area (Å²) >= 11 is 5.76. The number of hydrogen-bond donors (Lipinski definition) is 1. The first-order chi connectivity index (χ1) is 12.5. The van der Waals surface area contributed by atoms with Gasteiger partial charge in [-0.2, -0.15) is 5.10 Å². The number of aromatic nitrogens is 2. The van der Waals surface area contributed by atoms with E-state index in [0.29, 0.717) is 17.1 Å². The Labute approximate surface area is 153 Å². The molecule has 1 N–H and O–H groups in total. The normalized spacial score (nSPS) is 12.9. The quantitative estimate of drug-likeness (QED) is 0.732. The molecule has 3 aromatic rings. The molecular formula is C19H14ClF2N3O. The number of rotatable bonds is 3. The fourth-order valence-electron chi connectivity index (χ4n) is 3.18. The van der Waals surface area contributed by atoms with E-state index in [2.05, 4.69) is 10.4 Å².